The summed E-state index contributed by atoms with van der Waals surface area (Å²) in [6.07, 6.45) is -1.16. The number of ether oxygens (including phenoxy) is 1. The third-order valence-electron chi connectivity index (χ3n) is 1.41. The largest absolute Gasteiger partial charge is 0.465 e. The molecule has 0 bridgehead atoms. The molecule has 0 saturated carbocycles. The molecule has 0 aliphatic carbocycles. The minimum Gasteiger partial charge on any atom is -0.465 e. The van der Waals surface area contributed by atoms with Gasteiger partial charge in [0.1, 0.15) is 0 Å². The van der Waals surface area contributed by atoms with Gasteiger partial charge in [-0.1, -0.05) is 5.11 Å². The van der Waals surface area contributed by atoms with Gasteiger partial charge in [-0.15, -0.1) is 0 Å². The molecule has 86 valence electrons. The van der Waals surface area contributed by atoms with Crippen molar-refractivity contribution in [2.75, 3.05) is 13.2 Å². The van der Waals surface area contributed by atoms with Crippen molar-refractivity contribution in [1.82, 2.24) is 5.32 Å². The van der Waals surface area contributed by atoms with E-state index in [2.05, 4.69) is 15.3 Å². The number of amides is 1. The molecule has 0 fully saturated rings. The highest BCUT2D eigenvalue weighted by molar-refractivity contribution is 5.64. The standard InChI is InChI=1S/C8H16N4O3/c1-8(2,3)15-5-6(4-10-12-9)11-7(13)14/h6,11H,4-5H2,1-3H3,(H,13,14)/t6-/m0/s1. The smallest absolute Gasteiger partial charge is 0.404 e. The Morgan fingerprint density at radius 2 is 2.27 bits per heavy atom. The van der Waals surface area contributed by atoms with Gasteiger partial charge in [-0.3, -0.25) is 0 Å². The van der Waals surface area contributed by atoms with Gasteiger partial charge >= 0.3 is 6.09 Å². The Bertz CT molecular complexity index is 251. The Hall–Kier alpha value is -1.46. The van der Waals surface area contributed by atoms with Crippen LogP contribution in [-0.2, 0) is 4.74 Å². The average Bonchev–Trinajstić information content (AvgIpc) is 2.07. The monoisotopic (exact) mass is 216 g/mol. The van der Waals surface area contributed by atoms with E-state index in [-0.39, 0.29) is 18.8 Å². The molecule has 1 amide bonds. The lowest BCUT2D eigenvalue weighted by Gasteiger charge is -2.23. The molecule has 15 heavy (non-hydrogen) atoms. The fourth-order valence-electron chi connectivity index (χ4n) is 0.800. The van der Waals surface area contributed by atoms with E-state index < -0.39 is 12.1 Å². The predicted molar refractivity (Wildman–Crippen MR) is 54.7 cm³/mol. The second-order valence-corrected chi connectivity index (χ2v) is 3.98. The number of rotatable bonds is 5. The van der Waals surface area contributed by atoms with E-state index in [1.54, 1.807) is 0 Å². The van der Waals surface area contributed by atoms with Gasteiger partial charge in [-0.2, -0.15) is 0 Å². The van der Waals surface area contributed by atoms with Crippen LogP contribution < -0.4 is 5.32 Å². The zero-order chi connectivity index (χ0) is 11.9. The summed E-state index contributed by atoms with van der Waals surface area (Å²) >= 11 is 0. The molecule has 0 rings (SSSR count). The molecule has 0 aliphatic rings. The van der Waals surface area contributed by atoms with Crippen LogP contribution in [0.2, 0.25) is 0 Å². The van der Waals surface area contributed by atoms with Crippen LogP contribution in [0.4, 0.5) is 4.79 Å². The molecule has 0 saturated heterocycles. The highest BCUT2D eigenvalue weighted by atomic mass is 16.5. The molecule has 0 aromatic carbocycles. The fourth-order valence-corrected chi connectivity index (χ4v) is 0.800. The van der Waals surface area contributed by atoms with Crippen LogP contribution in [0.5, 0.6) is 0 Å². The van der Waals surface area contributed by atoms with Gasteiger partial charge in [0.05, 0.1) is 18.2 Å². The minimum absolute atomic E-state index is 0.0406. The van der Waals surface area contributed by atoms with E-state index in [1.165, 1.54) is 0 Å². The van der Waals surface area contributed by atoms with Crippen molar-refractivity contribution in [2.45, 2.75) is 32.4 Å². The van der Waals surface area contributed by atoms with E-state index >= 15 is 0 Å². The molecular weight excluding hydrogens is 200 g/mol. The maximum Gasteiger partial charge on any atom is 0.404 e. The van der Waals surface area contributed by atoms with Crippen LogP contribution in [0, 0.1) is 0 Å². The van der Waals surface area contributed by atoms with Gasteiger partial charge in [0, 0.05) is 11.5 Å². The second-order valence-electron chi connectivity index (χ2n) is 3.98. The first-order valence-corrected chi connectivity index (χ1v) is 4.49. The first-order valence-electron chi connectivity index (χ1n) is 4.49. The zero-order valence-corrected chi connectivity index (χ0v) is 9.10. The van der Waals surface area contributed by atoms with Crippen LogP contribution >= 0.6 is 0 Å². The predicted octanol–water partition coefficient (Wildman–Crippen LogP) is 1.75. The van der Waals surface area contributed by atoms with Gasteiger partial charge in [0.25, 0.3) is 0 Å². The Balaban J connectivity index is 4.11. The zero-order valence-electron chi connectivity index (χ0n) is 9.10. The van der Waals surface area contributed by atoms with Gasteiger partial charge < -0.3 is 15.2 Å². The van der Waals surface area contributed by atoms with Crippen molar-refractivity contribution in [3.05, 3.63) is 10.4 Å². The third kappa shape index (κ3) is 8.86. The summed E-state index contributed by atoms with van der Waals surface area (Å²) in [6.45, 7) is 5.79. The topological polar surface area (TPSA) is 107 Å². The van der Waals surface area contributed by atoms with Crippen molar-refractivity contribution in [1.29, 1.82) is 0 Å². The van der Waals surface area contributed by atoms with Crippen LogP contribution in [-0.4, -0.2) is 36.0 Å². The lowest BCUT2D eigenvalue weighted by Crippen LogP contribution is -2.41. The van der Waals surface area contributed by atoms with Crippen LogP contribution in [0.1, 0.15) is 20.8 Å². The molecule has 0 aliphatic heterocycles. The number of carbonyl (C=O) groups is 1. The Morgan fingerprint density at radius 1 is 1.67 bits per heavy atom. The highest BCUT2D eigenvalue weighted by Gasteiger charge is 2.16. The van der Waals surface area contributed by atoms with E-state index in [9.17, 15) is 4.79 Å². The summed E-state index contributed by atoms with van der Waals surface area (Å²) in [6, 6.07) is -0.516. The molecule has 7 heteroatoms. The quantitative estimate of drug-likeness (QED) is 0.415. The van der Waals surface area contributed by atoms with E-state index in [0.29, 0.717) is 0 Å². The molecule has 0 radical (unpaired) electrons. The van der Waals surface area contributed by atoms with Crippen molar-refractivity contribution in [3.63, 3.8) is 0 Å². The number of hydrogen-bond donors (Lipinski definition) is 2. The van der Waals surface area contributed by atoms with Crippen molar-refractivity contribution in [3.8, 4) is 0 Å². The Kier molecular flexibility index (Phi) is 5.51. The molecule has 0 spiro atoms. The number of carboxylic acid groups (broad SMARTS) is 1. The fraction of sp³-hybridized carbons (Fsp3) is 0.875. The molecular formula is C8H16N4O3. The van der Waals surface area contributed by atoms with Crippen LogP contribution in [0.25, 0.3) is 10.4 Å². The van der Waals surface area contributed by atoms with Crippen molar-refractivity contribution >= 4 is 6.09 Å². The number of nitrogens with zero attached hydrogens (tertiary/aromatic N) is 3. The summed E-state index contributed by atoms with van der Waals surface area (Å²) in [5, 5.41) is 14.0. The molecule has 1 atom stereocenters. The summed E-state index contributed by atoms with van der Waals surface area (Å²) in [7, 11) is 0. The van der Waals surface area contributed by atoms with Crippen molar-refractivity contribution < 1.29 is 14.6 Å². The van der Waals surface area contributed by atoms with Gasteiger partial charge in [-0.05, 0) is 26.3 Å². The molecule has 0 unspecified atom stereocenters. The van der Waals surface area contributed by atoms with Gasteiger partial charge in [0.15, 0.2) is 0 Å². The number of hydrogen-bond acceptors (Lipinski definition) is 3. The maximum absolute atomic E-state index is 10.4. The summed E-state index contributed by atoms with van der Waals surface area (Å²) in [5.74, 6) is 0. The van der Waals surface area contributed by atoms with E-state index in [4.69, 9.17) is 15.4 Å². The summed E-state index contributed by atoms with van der Waals surface area (Å²) < 4.78 is 5.38. The molecule has 2 N–H and O–H groups in total. The molecule has 0 aromatic rings. The van der Waals surface area contributed by atoms with Crippen molar-refractivity contribution in [2.24, 2.45) is 5.11 Å². The number of nitrogens with one attached hydrogen (secondary N) is 1. The van der Waals surface area contributed by atoms with Crippen LogP contribution in [0.15, 0.2) is 5.11 Å². The van der Waals surface area contributed by atoms with Crippen LogP contribution in [0.3, 0.4) is 0 Å². The normalized spacial score (nSPS) is 12.7. The lowest BCUT2D eigenvalue weighted by atomic mass is 10.2. The first kappa shape index (κ1) is 13.5. The highest BCUT2D eigenvalue weighted by Crippen LogP contribution is 2.07. The molecule has 0 aromatic heterocycles. The lowest BCUT2D eigenvalue weighted by molar-refractivity contribution is -0.0128. The summed E-state index contributed by atoms with van der Waals surface area (Å²) in [4.78, 5) is 13.0. The van der Waals surface area contributed by atoms with Gasteiger partial charge in [-0.25, -0.2) is 4.79 Å². The Labute approximate surface area is 88.0 Å². The SMILES string of the molecule is CC(C)(C)OC[C@H](CN=[N+]=[N-])NC(=O)O. The van der Waals surface area contributed by atoms with E-state index in [0.717, 1.165) is 0 Å². The molecule has 7 nitrogen and oxygen atoms in total. The second kappa shape index (κ2) is 6.10. The minimum atomic E-state index is -1.16. The van der Waals surface area contributed by atoms with E-state index in [1.807, 2.05) is 20.8 Å². The first-order chi connectivity index (χ1) is 6.85. The Morgan fingerprint density at radius 3 is 2.67 bits per heavy atom. The van der Waals surface area contributed by atoms with Gasteiger partial charge in [0.2, 0.25) is 0 Å². The third-order valence-corrected chi connectivity index (χ3v) is 1.41. The molecule has 0 heterocycles. The maximum atomic E-state index is 10.4. The number of azide groups is 1. The average molecular weight is 216 g/mol. The summed E-state index contributed by atoms with van der Waals surface area (Å²) in [5.41, 5.74) is 7.77.